The second-order valence-corrected chi connectivity index (χ2v) is 8.03. The third-order valence-electron chi connectivity index (χ3n) is 4.22. The Morgan fingerprint density at radius 3 is 2.54 bits per heavy atom. The van der Waals surface area contributed by atoms with Crippen molar-refractivity contribution in [2.45, 2.75) is 17.4 Å². The molecule has 0 saturated carbocycles. The third kappa shape index (κ3) is 3.43. The smallest absolute Gasteiger partial charge is 0.239 e. The molecule has 0 bridgehead atoms. The number of anilines is 1. The van der Waals surface area contributed by atoms with Gasteiger partial charge in [0.15, 0.2) is 9.84 Å². The number of benzene rings is 2. The third-order valence-corrected chi connectivity index (χ3v) is 6.03. The predicted octanol–water partition coefficient (Wildman–Crippen LogP) is 2.16. The molecule has 5 nitrogen and oxygen atoms in total. The molecule has 0 aromatic heterocycles. The van der Waals surface area contributed by atoms with Crippen LogP contribution in [0.4, 0.5) is 5.69 Å². The van der Waals surface area contributed by atoms with Crippen molar-refractivity contribution in [2.75, 3.05) is 24.2 Å². The van der Waals surface area contributed by atoms with Crippen molar-refractivity contribution in [3.63, 3.8) is 0 Å². The lowest BCUT2D eigenvalue weighted by atomic mass is 10.0. The van der Waals surface area contributed by atoms with Gasteiger partial charge in [-0.15, -0.1) is 0 Å². The second-order valence-electron chi connectivity index (χ2n) is 5.96. The molecule has 1 atom stereocenters. The predicted molar refractivity (Wildman–Crippen MR) is 93.7 cm³/mol. The highest BCUT2D eigenvalue weighted by atomic mass is 32.2. The molecule has 1 aliphatic heterocycles. The van der Waals surface area contributed by atoms with Gasteiger partial charge in [-0.1, -0.05) is 36.4 Å². The van der Waals surface area contributed by atoms with Crippen LogP contribution < -0.4 is 10.2 Å². The van der Waals surface area contributed by atoms with Crippen molar-refractivity contribution in [1.29, 1.82) is 0 Å². The van der Waals surface area contributed by atoms with E-state index < -0.39 is 9.84 Å². The topological polar surface area (TPSA) is 66.5 Å². The van der Waals surface area contributed by atoms with Gasteiger partial charge < -0.3 is 10.2 Å². The van der Waals surface area contributed by atoms with Gasteiger partial charge in [-0.3, -0.25) is 4.79 Å². The number of nitrogens with zero attached hydrogens (tertiary/aromatic N) is 1. The van der Waals surface area contributed by atoms with Gasteiger partial charge in [0.2, 0.25) is 5.91 Å². The van der Waals surface area contributed by atoms with Crippen molar-refractivity contribution < 1.29 is 13.2 Å². The molecule has 24 heavy (non-hydrogen) atoms. The largest absolute Gasteiger partial charge is 0.365 e. The number of sulfone groups is 1. The first-order valence-corrected chi connectivity index (χ1v) is 9.50. The van der Waals surface area contributed by atoms with Gasteiger partial charge in [0, 0.05) is 12.7 Å². The van der Waals surface area contributed by atoms with E-state index in [0.717, 1.165) is 5.69 Å². The quantitative estimate of drug-likeness (QED) is 0.923. The number of hydrogen-bond donors (Lipinski definition) is 1. The van der Waals surface area contributed by atoms with Crippen LogP contribution in [0.25, 0.3) is 0 Å². The Morgan fingerprint density at radius 2 is 1.79 bits per heavy atom. The maximum atomic E-state index is 12.4. The van der Waals surface area contributed by atoms with Crippen LogP contribution in [-0.4, -0.2) is 33.7 Å². The number of nitrogens with one attached hydrogen (secondary N) is 1. The molecule has 1 N–H and O–H groups in total. The summed E-state index contributed by atoms with van der Waals surface area (Å²) in [6.07, 6.45) is 0.403. The van der Waals surface area contributed by atoms with Crippen molar-refractivity contribution in [3.8, 4) is 0 Å². The standard InChI is InChI=1S/C18H20N2O3S/c1-20(14-7-3-2-4-8-14)13-18(21)19-16-11-12-24(22,23)17-10-6-5-9-15(16)17/h2-10,16H,11-13H2,1H3,(H,19,21)/t16-/m0/s1. The molecule has 0 aliphatic carbocycles. The molecule has 1 amide bonds. The van der Waals surface area contributed by atoms with Crippen molar-refractivity contribution in [3.05, 3.63) is 60.2 Å². The van der Waals surface area contributed by atoms with Gasteiger partial charge >= 0.3 is 0 Å². The van der Waals surface area contributed by atoms with Gasteiger partial charge in [0.25, 0.3) is 0 Å². The number of fused-ring (bicyclic) bond motifs is 1. The monoisotopic (exact) mass is 344 g/mol. The van der Waals surface area contributed by atoms with E-state index in [9.17, 15) is 13.2 Å². The van der Waals surface area contributed by atoms with Crippen LogP contribution >= 0.6 is 0 Å². The number of hydrogen-bond acceptors (Lipinski definition) is 4. The molecule has 0 spiro atoms. The Labute approximate surface area is 142 Å². The fourth-order valence-corrected chi connectivity index (χ4v) is 4.59. The Kier molecular flexibility index (Phi) is 4.57. The zero-order valence-electron chi connectivity index (χ0n) is 13.5. The SMILES string of the molecule is CN(CC(=O)N[C@H]1CCS(=O)(=O)c2ccccc21)c1ccccc1. The first-order chi connectivity index (χ1) is 11.5. The normalized spacial score (nSPS) is 18.5. The molecule has 0 saturated heterocycles. The van der Waals surface area contributed by atoms with E-state index in [1.807, 2.05) is 42.3 Å². The van der Waals surface area contributed by atoms with Crippen LogP contribution in [0, 0.1) is 0 Å². The molecule has 2 aromatic rings. The minimum Gasteiger partial charge on any atom is -0.365 e. The van der Waals surface area contributed by atoms with Gasteiger partial charge in [-0.05, 0) is 30.2 Å². The summed E-state index contributed by atoms with van der Waals surface area (Å²) in [5.74, 6) is -0.0656. The molecule has 1 heterocycles. The van der Waals surface area contributed by atoms with Crippen LogP contribution in [0.1, 0.15) is 18.0 Å². The molecular weight excluding hydrogens is 324 g/mol. The van der Waals surface area contributed by atoms with E-state index in [4.69, 9.17) is 0 Å². The summed E-state index contributed by atoms with van der Waals surface area (Å²) in [6.45, 7) is 0.218. The number of carbonyl (C=O) groups is 1. The maximum absolute atomic E-state index is 12.4. The van der Waals surface area contributed by atoms with Gasteiger partial charge in [0.1, 0.15) is 0 Å². The first kappa shape index (κ1) is 16.5. The van der Waals surface area contributed by atoms with E-state index in [0.29, 0.717) is 16.9 Å². The lowest BCUT2D eigenvalue weighted by Gasteiger charge is -2.27. The fraction of sp³-hybridized carbons (Fsp3) is 0.278. The van der Waals surface area contributed by atoms with E-state index in [2.05, 4.69) is 5.32 Å². The van der Waals surface area contributed by atoms with Gasteiger partial charge in [0.05, 0.1) is 23.2 Å². The molecule has 3 rings (SSSR count). The van der Waals surface area contributed by atoms with Gasteiger partial charge in [-0.2, -0.15) is 0 Å². The average molecular weight is 344 g/mol. The first-order valence-electron chi connectivity index (χ1n) is 7.84. The lowest BCUT2D eigenvalue weighted by molar-refractivity contribution is -0.120. The highest BCUT2D eigenvalue weighted by Gasteiger charge is 2.30. The molecule has 6 heteroatoms. The molecule has 126 valence electrons. The van der Waals surface area contributed by atoms with Crippen LogP contribution in [0.15, 0.2) is 59.5 Å². The van der Waals surface area contributed by atoms with Crippen molar-refractivity contribution >= 4 is 21.4 Å². The van der Waals surface area contributed by atoms with Crippen LogP contribution in [-0.2, 0) is 14.6 Å². The molecule has 2 aromatic carbocycles. The molecule has 0 fully saturated rings. The summed E-state index contributed by atoms with van der Waals surface area (Å²) in [6, 6.07) is 16.3. The summed E-state index contributed by atoms with van der Waals surface area (Å²) in [5, 5.41) is 2.97. The van der Waals surface area contributed by atoms with Crippen LogP contribution in [0.2, 0.25) is 0 Å². The molecule has 0 radical (unpaired) electrons. The number of carbonyl (C=O) groups excluding carboxylic acids is 1. The minimum atomic E-state index is -3.24. The summed E-state index contributed by atoms with van der Waals surface area (Å²) in [5.41, 5.74) is 1.64. The second kappa shape index (κ2) is 6.65. The number of likely N-dealkylation sites (N-methyl/N-ethyl adjacent to an activating group) is 1. The van der Waals surface area contributed by atoms with Gasteiger partial charge in [-0.25, -0.2) is 8.42 Å². The highest BCUT2D eigenvalue weighted by Crippen LogP contribution is 2.31. The Hall–Kier alpha value is -2.34. The fourth-order valence-electron chi connectivity index (χ4n) is 2.97. The number of para-hydroxylation sites is 1. The Morgan fingerprint density at radius 1 is 1.12 bits per heavy atom. The van der Waals surface area contributed by atoms with Crippen LogP contribution in [0.5, 0.6) is 0 Å². The summed E-state index contributed by atoms with van der Waals surface area (Å²) >= 11 is 0. The Balaban J connectivity index is 1.71. The zero-order valence-corrected chi connectivity index (χ0v) is 14.3. The lowest BCUT2D eigenvalue weighted by Crippen LogP contribution is -2.39. The highest BCUT2D eigenvalue weighted by molar-refractivity contribution is 7.91. The summed E-state index contributed by atoms with van der Waals surface area (Å²) < 4.78 is 24.3. The maximum Gasteiger partial charge on any atom is 0.239 e. The molecule has 0 unspecified atom stereocenters. The zero-order chi connectivity index (χ0) is 17.2. The van der Waals surface area contributed by atoms with Crippen molar-refractivity contribution in [2.24, 2.45) is 0 Å². The number of rotatable bonds is 4. The van der Waals surface area contributed by atoms with E-state index in [1.54, 1.807) is 24.3 Å². The average Bonchev–Trinajstić information content (AvgIpc) is 2.58. The van der Waals surface area contributed by atoms with Crippen molar-refractivity contribution in [1.82, 2.24) is 5.32 Å². The number of amides is 1. The van der Waals surface area contributed by atoms with Crippen LogP contribution in [0.3, 0.4) is 0 Å². The molecular formula is C18H20N2O3S. The van der Waals surface area contributed by atoms with E-state index >= 15 is 0 Å². The summed E-state index contributed by atoms with van der Waals surface area (Å²) in [4.78, 5) is 14.6. The Bertz CT molecular complexity index is 834. The molecule has 1 aliphatic rings. The minimum absolute atomic E-state index is 0.0590. The van der Waals surface area contributed by atoms with E-state index in [1.165, 1.54) is 0 Å². The summed E-state index contributed by atoms with van der Waals surface area (Å²) in [7, 11) is -1.38. The van der Waals surface area contributed by atoms with E-state index in [-0.39, 0.29) is 24.2 Å².